The minimum Gasteiger partial charge on any atom is -0.331 e. The van der Waals surface area contributed by atoms with Crippen molar-refractivity contribution in [1.29, 1.82) is 0 Å². The molecule has 0 saturated heterocycles. The Morgan fingerprint density at radius 3 is 2.57 bits per heavy atom. The van der Waals surface area contributed by atoms with Gasteiger partial charge in [-0.2, -0.15) is 0 Å². The molecule has 0 radical (unpaired) electrons. The predicted molar refractivity (Wildman–Crippen MR) is 112 cm³/mol. The van der Waals surface area contributed by atoms with E-state index in [1.54, 1.807) is 35.2 Å². The van der Waals surface area contributed by atoms with Gasteiger partial charge in [0.15, 0.2) is 11.0 Å². The minimum atomic E-state index is -0.256. The summed E-state index contributed by atoms with van der Waals surface area (Å²) >= 11 is 3.29. The van der Waals surface area contributed by atoms with Crippen LogP contribution in [0.15, 0.2) is 53.7 Å². The summed E-state index contributed by atoms with van der Waals surface area (Å²) in [6.07, 6.45) is 0. The number of fused-ring (bicyclic) bond motifs is 1. The molecule has 0 aliphatic heterocycles. The van der Waals surface area contributed by atoms with Crippen LogP contribution in [0.4, 0.5) is 4.39 Å². The summed E-state index contributed by atoms with van der Waals surface area (Å²) in [4.78, 5) is 5.95. The van der Waals surface area contributed by atoms with Crippen LogP contribution < -0.4 is 4.90 Å². The molecular formula is C20H21FN5S2+. The molecule has 28 heavy (non-hydrogen) atoms. The fraction of sp³-hybridized carbons (Fsp3) is 0.250. The first-order valence-corrected chi connectivity index (χ1v) is 10.8. The van der Waals surface area contributed by atoms with Crippen molar-refractivity contribution in [2.24, 2.45) is 0 Å². The van der Waals surface area contributed by atoms with Crippen LogP contribution in [0, 0.1) is 5.82 Å². The SMILES string of the molecule is C[C@H](c1nnc(SCc2nc3ccccc3s2)n1-c1ccc(F)cc1)[NH+](C)C. The number of hydrogen-bond acceptors (Lipinski definition) is 5. The molecule has 4 aromatic rings. The number of benzene rings is 2. The maximum atomic E-state index is 13.4. The second-order valence-electron chi connectivity index (χ2n) is 6.82. The molecule has 0 aliphatic carbocycles. The molecule has 0 bridgehead atoms. The van der Waals surface area contributed by atoms with E-state index in [0.29, 0.717) is 5.75 Å². The van der Waals surface area contributed by atoms with E-state index in [-0.39, 0.29) is 11.9 Å². The molecule has 1 atom stereocenters. The average molecular weight is 415 g/mol. The number of quaternary nitrogens is 1. The van der Waals surface area contributed by atoms with E-state index in [4.69, 9.17) is 4.98 Å². The quantitative estimate of drug-likeness (QED) is 0.491. The Bertz CT molecular complexity index is 1050. The zero-order chi connectivity index (χ0) is 19.7. The lowest BCUT2D eigenvalue weighted by atomic mass is 10.2. The van der Waals surface area contributed by atoms with Crippen molar-refractivity contribution >= 4 is 33.3 Å². The molecule has 0 unspecified atom stereocenters. The molecule has 2 aromatic carbocycles. The van der Waals surface area contributed by atoms with Gasteiger partial charge in [0.25, 0.3) is 0 Å². The minimum absolute atomic E-state index is 0.148. The number of nitrogens with zero attached hydrogens (tertiary/aromatic N) is 4. The van der Waals surface area contributed by atoms with E-state index in [0.717, 1.165) is 27.2 Å². The Morgan fingerprint density at radius 1 is 1.11 bits per heavy atom. The van der Waals surface area contributed by atoms with E-state index >= 15 is 0 Å². The highest BCUT2D eigenvalue weighted by atomic mass is 32.2. The summed E-state index contributed by atoms with van der Waals surface area (Å²) in [6, 6.07) is 14.8. The average Bonchev–Trinajstić information content (AvgIpc) is 3.30. The molecule has 0 fully saturated rings. The number of halogens is 1. The largest absolute Gasteiger partial charge is 0.331 e. The number of nitrogens with one attached hydrogen (secondary N) is 1. The van der Waals surface area contributed by atoms with E-state index in [9.17, 15) is 4.39 Å². The molecule has 2 heterocycles. The molecule has 4 rings (SSSR count). The molecule has 1 N–H and O–H groups in total. The number of thioether (sulfide) groups is 1. The maximum absolute atomic E-state index is 13.4. The second kappa shape index (κ2) is 7.98. The van der Waals surface area contributed by atoms with Crippen molar-refractivity contribution in [1.82, 2.24) is 19.7 Å². The Labute approximate surface area is 171 Å². The number of hydrogen-bond donors (Lipinski definition) is 1. The molecule has 0 saturated carbocycles. The molecule has 144 valence electrons. The van der Waals surface area contributed by atoms with Gasteiger partial charge in [-0.3, -0.25) is 4.57 Å². The zero-order valence-corrected chi connectivity index (χ0v) is 17.5. The third-order valence-corrected chi connectivity index (χ3v) is 6.82. The van der Waals surface area contributed by atoms with Crippen molar-refractivity contribution in [3.05, 3.63) is 65.2 Å². The Hall–Kier alpha value is -2.29. The summed E-state index contributed by atoms with van der Waals surface area (Å²) < 4.78 is 16.6. The van der Waals surface area contributed by atoms with Crippen molar-refractivity contribution in [3.63, 3.8) is 0 Å². The summed E-state index contributed by atoms with van der Waals surface area (Å²) in [5.41, 5.74) is 1.88. The van der Waals surface area contributed by atoms with Gasteiger partial charge in [0.05, 0.1) is 30.1 Å². The maximum Gasteiger partial charge on any atom is 0.196 e. The molecule has 8 heteroatoms. The van der Waals surface area contributed by atoms with Crippen LogP contribution in [-0.4, -0.2) is 33.8 Å². The lowest BCUT2D eigenvalue weighted by molar-refractivity contribution is -0.890. The smallest absolute Gasteiger partial charge is 0.196 e. The molecule has 0 amide bonds. The van der Waals surface area contributed by atoms with Gasteiger partial charge >= 0.3 is 0 Å². The number of thiazole rings is 1. The van der Waals surface area contributed by atoms with Crippen molar-refractivity contribution in [3.8, 4) is 5.69 Å². The number of para-hydroxylation sites is 1. The number of aromatic nitrogens is 4. The normalized spacial score (nSPS) is 12.8. The van der Waals surface area contributed by atoms with Gasteiger partial charge in [0.2, 0.25) is 0 Å². The van der Waals surface area contributed by atoms with Crippen LogP contribution >= 0.6 is 23.1 Å². The van der Waals surface area contributed by atoms with E-state index in [1.807, 2.05) is 22.8 Å². The van der Waals surface area contributed by atoms with Gasteiger partial charge in [-0.25, -0.2) is 9.37 Å². The van der Waals surface area contributed by atoms with Gasteiger partial charge in [0, 0.05) is 5.69 Å². The van der Waals surface area contributed by atoms with Crippen LogP contribution in [0.3, 0.4) is 0 Å². The summed E-state index contributed by atoms with van der Waals surface area (Å²) in [7, 11) is 4.17. The van der Waals surface area contributed by atoms with Crippen molar-refractivity contribution in [2.45, 2.75) is 23.9 Å². The first-order valence-electron chi connectivity index (χ1n) is 9.01. The topological polar surface area (TPSA) is 48.0 Å². The van der Waals surface area contributed by atoms with Crippen LogP contribution in [0.5, 0.6) is 0 Å². The lowest BCUT2D eigenvalue weighted by Gasteiger charge is -2.18. The molecular weight excluding hydrogens is 393 g/mol. The summed E-state index contributed by atoms with van der Waals surface area (Å²) in [6.45, 7) is 2.11. The van der Waals surface area contributed by atoms with Gasteiger partial charge in [-0.15, -0.1) is 21.5 Å². The van der Waals surface area contributed by atoms with Gasteiger partial charge < -0.3 is 4.90 Å². The Morgan fingerprint density at radius 2 is 1.86 bits per heavy atom. The number of rotatable bonds is 6. The fourth-order valence-corrected chi connectivity index (χ4v) is 4.77. The third kappa shape index (κ3) is 3.80. The van der Waals surface area contributed by atoms with Crippen LogP contribution in [0.1, 0.15) is 23.8 Å². The Balaban J connectivity index is 1.66. The highest BCUT2D eigenvalue weighted by Crippen LogP contribution is 2.30. The van der Waals surface area contributed by atoms with E-state index in [1.165, 1.54) is 21.7 Å². The van der Waals surface area contributed by atoms with E-state index in [2.05, 4.69) is 37.3 Å². The molecule has 2 aromatic heterocycles. The second-order valence-corrected chi connectivity index (χ2v) is 8.87. The van der Waals surface area contributed by atoms with Gasteiger partial charge in [0.1, 0.15) is 16.9 Å². The van der Waals surface area contributed by atoms with Gasteiger partial charge in [-0.05, 0) is 43.3 Å². The first-order chi connectivity index (χ1) is 13.5. The first kappa shape index (κ1) is 19.0. The van der Waals surface area contributed by atoms with Crippen LogP contribution in [-0.2, 0) is 5.75 Å². The molecule has 0 spiro atoms. The van der Waals surface area contributed by atoms with E-state index < -0.39 is 0 Å². The lowest BCUT2D eigenvalue weighted by Crippen LogP contribution is -3.05. The van der Waals surface area contributed by atoms with Crippen molar-refractivity contribution in [2.75, 3.05) is 14.1 Å². The van der Waals surface area contributed by atoms with Gasteiger partial charge in [-0.1, -0.05) is 23.9 Å². The standard InChI is InChI=1S/C20H20FN5S2/c1-13(25(2)3)19-23-24-20(26(19)15-10-8-14(21)9-11-15)27-12-18-22-16-6-4-5-7-17(16)28-18/h4-11,13H,12H2,1-3H3/p+1/t13-/m1/s1. The highest BCUT2D eigenvalue weighted by molar-refractivity contribution is 7.98. The van der Waals surface area contributed by atoms with Crippen molar-refractivity contribution < 1.29 is 9.29 Å². The Kier molecular flexibility index (Phi) is 5.43. The van der Waals surface area contributed by atoms with Crippen LogP contribution in [0.25, 0.3) is 15.9 Å². The third-order valence-electron chi connectivity index (χ3n) is 4.66. The highest BCUT2D eigenvalue weighted by Gasteiger charge is 2.23. The van der Waals surface area contributed by atoms with Crippen LogP contribution in [0.2, 0.25) is 0 Å². The summed E-state index contributed by atoms with van der Waals surface area (Å²) in [5, 5.41) is 10.7. The molecule has 5 nitrogen and oxygen atoms in total. The monoisotopic (exact) mass is 414 g/mol. The molecule has 0 aliphatic rings. The fourth-order valence-electron chi connectivity index (χ4n) is 2.85. The summed E-state index contributed by atoms with van der Waals surface area (Å²) in [5.74, 6) is 1.31. The zero-order valence-electron chi connectivity index (χ0n) is 15.9. The predicted octanol–water partition coefficient (Wildman–Crippen LogP) is 3.51.